The van der Waals surface area contributed by atoms with E-state index in [4.69, 9.17) is 11.6 Å². The van der Waals surface area contributed by atoms with Gasteiger partial charge in [0.25, 0.3) is 11.8 Å². The molecule has 3 aromatic rings. The van der Waals surface area contributed by atoms with Gasteiger partial charge in [-0.15, -0.1) is 13.2 Å². The normalized spacial score (nSPS) is 13.6. The molecule has 0 saturated heterocycles. The third-order valence-electron chi connectivity index (χ3n) is 5.73. The number of anilines is 1. The number of hydrogen-bond donors (Lipinski definition) is 2. The largest absolute Gasteiger partial charge is 0.573 e. The summed E-state index contributed by atoms with van der Waals surface area (Å²) in [6.45, 7) is 1.94. The fourth-order valence-electron chi connectivity index (χ4n) is 3.94. The lowest BCUT2D eigenvalue weighted by Gasteiger charge is -2.25. The molecule has 0 aromatic heterocycles. The second kappa shape index (κ2) is 10.6. The smallest absolute Gasteiger partial charge is 0.404 e. The lowest BCUT2D eigenvalue weighted by molar-refractivity contribution is -0.274. The number of halogens is 4. The summed E-state index contributed by atoms with van der Waals surface area (Å²) in [5.74, 6) is -1.41. The summed E-state index contributed by atoms with van der Waals surface area (Å²) in [5.41, 5.74) is 4.35. The number of rotatable bonds is 6. The molecule has 0 fully saturated rings. The van der Waals surface area contributed by atoms with Crippen molar-refractivity contribution in [1.82, 2.24) is 10.2 Å². The lowest BCUT2D eigenvalue weighted by Crippen LogP contribution is -2.26. The van der Waals surface area contributed by atoms with Gasteiger partial charge in [-0.25, -0.2) is 0 Å². The molecule has 0 spiro atoms. The third-order valence-corrected chi connectivity index (χ3v) is 6.02. The maximum Gasteiger partial charge on any atom is 0.573 e. The third kappa shape index (κ3) is 6.56. The predicted octanol–water partition coefficient (Wildman–Crippen LogP) is 5.41. The van der Waals surface area contributed by atoms with Crippen LogP contribution in [0.5, 0.6) is 5.75 Å². The molecule has 0 aliphatic carbocycles. The van der Waals surface area contributed by atoms with E-state index in [0.717, 1.165) is 31.6 Å². The molecule has 2 amide bonds. The molecule has 2 N–H and O–H groups in total. The van der Waals surface area contributed by atoms with Crippen molar-refractivity contribution in [1.29, 1.82) is 0 Å². The van der Waals surface area contributed by atoms with Crippen LogP contribution in [0.4, 0.5) is 18.9 Å². The zero-order chi connectivity index (χ0) is 25.9. The van der Waals surface area contributed by atoms with E-state index in [1.165, 1.54) is 17.2 Å². The van der Waals surface area contributed by atoms with Crippen molar-refractivity contribution in [2.75, 3.05) is 18.9 Å². The van der Waals surface area contributed by atoms with Crippen molar-refractivity contribution in [3.05, 3.63) is 93.5 Å². The van der Waals surface area contributed by atoms with Gasteiger partial charge in [0.05, 0.1) is 5.02 Å². The molecule has 1 aliphatic rings. The molecule has 1 heterocycles. The van der Waals surface area contributed by atoms with Crippen LogP contribution in [0.2, 0.25) is 5.02 Å². The second-order valence-electron chi connectivity index (χ2n) is 8.50. The second-order valence-corrected chi connectivity index (χ2v) is 8.91. The molecule has 0 unspecified atom stereocenters. The van der Waals surface area contributed by atoms with Gasteiger partial charge in [-0.3, -0.25) is 9.59 Å². The van der Waals surface area contributed by atoms with Gasteiger partial charge in [0.2, 0.25) is 0 Å². The molecule has 36 heavy (non-hydrogen) atoms. The molecule has 188 valence electrons. The van der Waals surface area contributed by atoms with Gasteiger partial charge >= 0.3 is 6.36 Å². The SMILES string of the molecule is CN1CCc2ccc(NC(=O)c3cccc(CNC(=O)c4ccc(OC(F)(F)F)c(Cl)c4)c3)cc2C1. The highest BCUT2D eigenvalue weighted by Crippen LogP contribution is 2.30. The summed E-state index contributed by atoms with van der Waals surface area (Å²) in [6, 6.07) is 16.0. The molecule has 0 bridgehead atoms. The Labute approximate surface area is 211 Å². The van der Waals surface area contributed by atoms with Gasteiger partial charge < -0.3 is 20.3 Å². The van der Waals surface area contributed by atoms with E-state index in [0.29, 0.717) is 16.8 Å². The minimum Gasteiger partial charge on any atom is -0.404 e. The van der Waals surface area contributed by atoms with Gasteiger partial charge in [-0.1, -0.05) is 29.8 Å². The van der Waals surface area contributed by atoms with Gasteiger partial charge in [-0.2, -0.15) is 0 Å². The Balaban J connectivity index is 1.37. The van der Waals surface area contributed by atoms with Crippen LogP contribution in [0.3, 0.4) is 0 Å². The van der Waals surface area contributed by atoms with Crippen molar-refractivity contribution in [3.8, 4) is 5.75 Å². The molecule has 1 aliphatic heterocycles. The first kappa shape index (κ1) is 25.5. The summed E-state index contributed by atoms with van der Waals surface area (Å²) >= 11 is 5.81. The van der Waals surface area contributed by atoms with E-state index < -0.39 is 18.0 Å². The molecular weight excluding hydrogens is 495 g/mol. The first-order chi connectivity index (χ1) is 17.1. The maximum atomic E-state index is 12.8. The number of hydrogen-bond acceptors (Lipinski definition) is 4. The number of nitrogens with one attached hydrogen (secondary N) is 2. The molecule has 0 radical (unpaired) electrons. The summed E-state index contributed by atoms with van der Waals surface area (Å²) in [7, 11) is 2.06. The summed E-state index contributed by atoms with van der Waals surface area (Å²) in [6.07, 6.45) is -3.91. The molecule has 0 saturated carbocycles. The van der Waals surface area contributed by atoms with Gasteiger partial charge in [0.1, 0.15) is 5.75 Å². The molecule has 6 nitrogen and oxygen atoms in total. The number of likely N-dealkylation sites (N-methyl/N-ethyl adjacent to an activating group) is 1. The van der Waals surface area contributed by atoms with Crippen molar-refractivity contribution in [3.63, 3.8) is 0 Å². The zero-order valence-electron chi connectivity index (χ0n) is 19.3. The zero-order valence-corrected chi connectivity index (χ0v) is 20.0. The summed E-state index contributed by atoms with van der Waals surface area (Å²) in [5, 5.41) is 5.24. The Morgan fingerprint density at radius 1 is 1.00 bits per heavy atom. The molecular formula is C26H23ClF3N3O3. The van der Waals surface area contributed by atoms with Crippen molar-refractivity contribution >= 4 is 29.1 Å². The summed E-state index contributed by atoms with van der Waals surface area (Å²) in [4.78, 5) is 27.5. The van der Waals surface area contributed by atoms with Crippen LogP contribution in [0.25, 0.3) is 0 Å². The van der Waals surface area contributed by atoms with E-state index in [1.807, 2.05) is 18.2 Å². The van der Waals surface area contributed by atoms with Crippen LogP contribution in [-0.2, 0) is 19.5 Å². The Bertz CT molecular complexity index is 1300. The van der Waals surface area contributed by atoms with E-state index in [2.05, 4.69) is 27.3 Å². The molecule has 0 atom stereocenters. The Hall–Kier alpha value is -3.56. The first-order valence-electron chi connectivity index (χ1n) is 11.1. The minimum absolute atomic E-state index is 0.0708. The van der Waals surface area contributed by atoms with Crippen LogP contribution >= 0.6 is 11.6 Å². The van der Waals surface area contributed by atoms with Crippen LogP contribution in [0.15, 0.2) is 60.7 Å². The van der Waals surface area contributed by atoms with Crippen LogP contribution in [0, 0.1) is 0 Å². The van der Waals surface area contributed by atoms with Crippen LogP contribution in [0.1, 0.15) is 37.4 Å². The van der Waals surface area contributed by atoms with Crippen LogP contribution < -0.4 is 15.4 Å². The van der Waals surface area contributed by atoms with Gasteiger partial charge in [-0.05, 0) is 72.6 Å². The highest BCUT2D eigenvalue weighted by Gasteiger charge is 2.32. The number of ether oxygens (including phenoxy) is 1. The monoisotopic (exact) mass is 517 g/mol. The first-order valence-corrected chi connectivity index (χ1v) is 11.5. The van der Waals surface area contributed by atoms with Gasteiger partial charge in [0, 0.05) is 36.4 Å². The number of nitrogens with zero attached hydrogens (tertiary/aromatic N) is 1. The maximum absolute atomic E-state index is 12.8. The van der Waals surface area contributed by atoms with Crippen molar-refractivity contribution in [2.45, 2.75) is 25.9 Å². The van der Waals surface area contributed by atoms with E-state index >= 15 is 0 Å². The molecule has 4 rings (SSSR count). The average molecular weight is 518 g/mol. The topological polar surface area (TPSA) is 70.7 Å². The Kier molecular flexibility index (Phi) is 7.51. The van der Waals surface area contributed by atoms with Crippen LogP contribution in [-0.4, -0.2) is 36.7 Å². The van der Waals surface area contributed by atoms with Gasteiger partial charge in [0.15, 0.2) is 0 Å². The molecule has 3 aromatic carbocycles. The lowest BCUT2D eigenvalue weighted by atomic mass is 9.99. The Morgan fingerprint density at radius 2 is 1.78 bits per heavy atom. The number of carbonyl (C=O) groups is 2. The Morgan fingerprint density at radius 3 is 2.53 bits per heavy atom. The summed E-state index contributed by atoms with van der Waals surface area (Å²) < 4.78 is 41.0. The highest BCUT2D eigenvalue weighted by molar-refractivity contribution is 6.32. The standard InChI is InChI=1S/C26H23ClF3N3O3/c1-33-10-9-17-5-7-21(12-20(17)15-33)32-25(35)18-4-2-3-16(11-18)14-31-24(34)19-6-8-23(22(27)13-19)36-26(28,29)30/h2-8,11-13H,9-10,14-15H2,1H3,(H,31,34)(H,32,35). The molecule has 10 heteroatoms. The number of carbonyl (C=O) groups excluding carboxylic acids is 2. The van der Waals surface area contributed by atoms with E-state index in [-0.39, 0.29) is 23.0 Å². The fourth-order valence-corrected chi connectivity index (χ4v) is 4.15. The quantitative estimate of drug-likeness (QED) is 0.459. The van der Waals surface area contributed by atoms with E-state index in [1.54, 1.807) is 24.3 Å². The average Bonchev–Trinajstić information content (AvgIpc) is 2.83. The van der Waals surface area contributed by atoms with Crippen molar-refractivity contribution < 1.29 is 27.5 Å². The number of alkyl halides is 3. The fraction of sp³-hybridized carbons (Fsp3) is 0.231. The number of amides is 2. The van der Waals surface area contributed by atoms with E-state index in [9.17, 15) is 22.8 Å². The number of benzene rings is 3. The highest BCUT2D eigenvalue weighted by atomic mass is 35.5. The predicted molar refractivity (Wildman–Crippen MR) is 130 cm³/mol. The minimum atomic E-state index is -4.89. The number of fused-ring (bicyclic) bond motifs is 1. The van der Waals surface area contributed by atoms with Crippen molar-refractivity contribution in [2.24, 2.45) is 0 Å².